The maximum atomic E-state index is 12.4. The zero-order valence-electron chi connectivity index (χ0n) is 11.8. The number of fused-ring (bicyclic) bond motifs is 2. The molecule has 2 aromatic carbocycles. The second kappa shape index (κ2) is 4.92. The number of hydrogen-bond donors (Lipinski definition) is 2. The van der Waals surface area contributed by atoms with Crippen LogP contribution in [0.1, 0.15) is 15.5 Å². The van der Waals surface area contributed by atoms with Crippen LogP contribution in [0.4, 0.5) is 5.69 Å². The second-order valence-electron chi connectivity index (χ2n) is 4.99. The SMILES string of the molecule is Cc1nc2ccc(NC(=O)c3n[nH]c4ccccc34)cc2s1. The van der Waals surface area contributed by atoms with Crippen molar-refractivity contribution in [2.75, 3.05) is 5.32 Å². The average molecular weight is 308 g/mol. The fraction of sp³-hybridized carbons (Fsp3) is 0.0625. The first-order valence-electron chi connectivity index (χ1n) is 6.82. The Kier molecular flexibility index (Phi) is 2.90. The first-order chi connectivity index (χ1) is 10.7. The highest BCUT2D eigenvalue weighted by Crippen LogP contribution is 2.25. The molecule has 0 fully saturated rings. The number of carbonyl (C=O) groups is 1. The molecule has 0 bridgehead atoms. The van der Waals surface area contributed by atoms with E-state index in [1.807, 2.05) is 49.4 Å². The van der Waals surface area contributed by atoms with Crippen LogP contribution in [0.3, 0.4) is 0 Å². The number of aromatic nitrogens is 3. The highest BCUT2D eigenvalue weighted by atomic mass is 32.1. The number of para-hydroxylation sites is 1. The van der Waals surface area contributed by atoms with Crippen molar-refractivity contribution >= 4 is 44.1 Å². The van der Waals surface area contributed by atoms with E-state index in [0.29, 0.717) is 5.69 Å². The molecule has 6 heteroatoms. The average Bonchev–Trinajstić information content (AvgIpc) is 3.09. The molecule has 0 aliphatic rings. The van der Waals surface area contributed by atoms with E-state index in [2.05, 4.69) is 20.5 Å². The van der Waals surface area contributed by atoms with Gasteiger partial charge in [0.2, 0.25) is 0 Å². The number of amides is 1. The standard InChI is InChI=1S/C16H12N4OS/c1-9-17-13-7-6-10(8-14(13)22-9)18-16(21)15-11-4-2-3-5-12(11)19-20-15/h2-8H,1H3,(H,18,21)(H,19,20). The fourth-order valence-corrected chi connectivity index (χ4v) is 3.31. The maximum absolute atomic E-state index is 12.4. The first-order valence-corrected chi connectivity index (χ1v) is 7.64. The van der Waals surface area contributed by atoms with Crippen LogP contribution in [0.5, 0.6) is 0 Å². The summed E-state index contributed by atoms with van der Waals surface area (Å²) in [4.78, 5) is 16.8. The molecule has 0 saturated heterocycles. The number of nitrogens with one attached hydrogen (secondary N) is 2. The van der Waals surface area contributed by atoms with E-state index in [9.17, 15) is 4.79 Å². The number of thiazole rings is 1. The van der Waals surface area contributed by atoms with Gasteiger partial charge in [-0.3, -0.25) is 9.89 Å². The second-order valence-corrected chi connectivity index (χ2v) is 6.22. The molecule has 108 valence electrons. The lowest BCUT2D eigenvalue weighted by atomic mass is 10.2. The molecule has 0 saturated carbocycles. The lowest BCUT2D eigenvalue weighted by Crippen LogP contribution is -2.12. The number of aromatic amines is 1. The predicted octanol–water partition coefficient (Wildman–Crippen LogP) is 3.73. The molecule has 0 radical (unpaired) electrons. The van der Waals surface area contributed by atoms with Crippen LogP contribution in [-0.2, 0) is 0 Å². The lowest BCUT2D eigenvalue weighted by Gasteiger charge is -2.03. The van der Waals surface area contributed by atoms with Gasteiger partial charge in [-0.05, 0) is 31.2 Å². The molecule has 2 aromatic heterocycles. The summed E-state index contributed by atoms with van der Waals surface area (Å²) < 4.78 is 1.06. The molecule has 4 aromatic rings. The van der Waals surface area contributed by atoms with Crippen molar-refractivity contribution in [3.8, 4) is 0 Å². The molecule has 0 aliphatic heterocycles. The molecular weight excluding hydrogens is 296 g/mol. The van der Waals surface area contributed by atoms with Crippen LogP contribution in [0.2, 0.25) is 0 Å². The van der Waals surface area contributed by atoms with E-state index in [4.69, 9.17) is 0 Å². The number of rotatable bonds is 2. The van der Waals surface area contributed by atoms with Crippen molar-refractivity contribution in [1.29, 1.82) is 0 Å². The van der Waals surface area contributed by atoms with Crippen LogP contribution in [0.15, 0.2) is 42.5 Å². The van der Waals surface area contributed by atoms with Crippen LogP contribution in [0.25, 0.3) is 21.1 Å². The highest BCUT2D eigenvalue weighted by molar-refractivity contribution is 7.18. The third kappa shape index (κ3) is 2.14. The quantitative estimate of drug-likeness (QED) is 0.592. The van der Waals surface area contributed by atoms with Gasteiger partial charge in [0, 0.05) is 11.1 Å². The largest absolute Gasteiger partial charge is 0.321 e. The summed E-state index contributed by atoms with van der Waals surface area (Å²) >= 11 is 1.61. The van der Waals surface area contributed by atoms with Crippen molar-refractivity contribution in [2.24, 2.45) is 0 Å². The third-order valence-corrected chi connectivity index (χ3v) is 4.37. The van der Waals surface area contributed by atoms with Gasteiger partial charge in [-0.1, -0.05) is 18.2 Å². The summed E-state index contributed by atoms with van der Waals surface area (Å²) in [5, 5.41) is 11.7. The van der Waals surface area contributed by atoms with Crippen molar-refractivity contribution in [3.05, 3.63) is 53.2 Å². The lowest BCUT2D eigenvalue weighted by molar-refractivity contribution is 0.102. The first kappa shape index (κ1) is 13.0. The zero-order valence-corrected chi connectivity index (χ0v) is 12.6. The van der Waals surface area contributed by atoms with Gasteiger partial charge >= 0.3 is 0 Å². The minimum atomic E-state index is -0.224. The molecule has 2 N–H and O–H groups in total. The Morgan fingerprint density at radius 1 is 1.23 bits per heavy atom. The van der Waals surface area contributed by atoms with Crippen molar-refractivity contribution in [2.45, 2.75) is 6.92 Å². The van der Waals surface area contributed by atoms with Gasteiger partial charge in [-0.2, -0.15) is 5.10 Å². The number of nitrogens with zero attached hydrogens (tertiary/aromatic N) is 2. The third-order valence-electron chi connectivity index (χ3n) is 3.44. The van der Waals surface area contributed by atoms with Gasteiger partial charge in [0.25, 0.3) is 5.91 Å². The summed E-state index contributed by atoms with van der Waals surface area (Å²) in [5.74, 6) is -0.224. The number of carbonyl (C=O) groups excluding carboxylic acids is 1. The fourth-order valence-electron chi connectivity index (χ4n) is 2.44. The van der Waals surface area contributed by atoms with Crippen molar-refractivity contribution in [1.82, 2.24) is 15.2 Å². The smallest absolute Gasteiger partial charge is 0.276 e. The van der Waals surface area contributed by atoms with Crippen molar-refractivity contribution < 1.29 is 4.79 Å². The Bertz CT molecular complexity index is 1000. The van der Waals surface area contributed by atoms with Gasteiger partial charge < -0.3 is 5.32 Å². The zero-order chi connectivity index (χ0) is 15.1. The molecule has 4 rings (SSSR count). The van der Waals surface area contributed by atoms with Gasteiger partial charge in [0.1, 0.15) is 0 Å². The minimum absolute atomic E-state index is 0.224. The van der Waals surface area contributed by atoms with E-state index in [-0.39, 0.29) is 5.91 Å². The van der Waals surface area contributed by atoms with Crippen molar-refractivity contribution in [3.63, 3.8) is 0 Å². The number of H-pyrrole nitrogens is 1. The maximum Gasteiger partial charge on any atom is 0.276 e. The predicted molar refractivity (Wildman–Crippen MR) is 88.4 cm³/mol. The number of hydrogen-bond acceptors (Lipinski definition) is 4. The normalized spacial score (nSPS) is 11.1. The van der Waals surface area contributed by atoms with Gasteiger partial charge in [-0.15, -0.1) is 11.3 Å². The van der Waals surface area contributed by atoms with Gasteiger partial charge in [-0.25, -0.2) is 4.98 Å². The molecule has 0 unspecified atom stereocenters. The highest BCUT2D eigenvalue weighted by Gasteiger charge is 2.14. The van der Waals surface area contributed by atoms with E-state index < -0.39 is 0 Å². The van der Waals surface area contributed by atoms with Crippen LogP contribution in [-0.4, -0.2) is 21.1 Å². The summed E-state index contributed by atoms with van der Waals surface area (Å²) in [6.45, 7) is 1.97. The molecule has 0 aliphatic carbocycles. The minimum Gasteiger partial charge on any atom is -0.321 e. The Hall–Kier alpha value is -2.73. The number of aryl methyl sites for hydroxylation is 1. The monoisotopic (exact) mass is 308 g/mol. The Morgan fingerprint density at radius 2 is 2.09 bits per heavy atom. The van der Waals surface area contributed by atoms with E-state index in [1.165, 1.54) is 0 Å². The van der Waals surface area contributed by atoms with E-state index in [0.717, 1.165) is 31.8 Å². The Balaban J connectivity index is 1.67. The summed E-state index contributed by atoms with van der Waals surface area (Å²) in [6.07, 6.45) is 0. The van der Waals surface area contributed by atoms with Crippen LogP contribution >= 0.6 is 11.3 Å². The Labute approximate surface area is 130 Å². The molecular formula is C16H12N4OS. The molecule has 5 nitrogen and oxygen atoms in total. The number of benzene rings is 2. The summed E-state index contributed by atoms with van der Waals surface area (Å²) in [5.41, 5.74) is 2.94. The van der Waals surface area contributed by atoms with Gasteiger partial charge in [0.05, 0.1) is 20.7 Å². The van der Waals surface area contributed by atoms with E-state index >= 15 is 0 Å². The topological polar surface area (TPSA) is 70.7 Å². The summed E-state index contributed by atoms with van der Waals surface area (Å²) in [6, 6.07) is 13.3. The van der Waals surface area contributed by atoms with Gasteiger partial charge in [0.15, 0.2) is 5.69 Å². The molecule has 0 spiro atoms. The number of anilines is 1. The molecule has 1 amide bonds. The molecule has 2 heterocycles. The summed E-state index contributed by atoms with van der Waals surface area (Å²) in [7, 11) is 0. The molecule has 22 heavy (non-hydrogen) atoms. The van der Waals surface area contributed by atoms with Crippen LogP contribution < -0.4 is 5.32 Å². The Morgan fingerprint density at radius 3 is 3.00 bits per heavy atom. The van der Waals surface area contributed by atoms with E-state index in [1.54, 1.807) is 11.3 Å². The molecule has 0 atom stereocenters. The van der Waals surface area contributed by atoms with Crippen LogP contribution in [0, 0.1) is 6.92 Å².